The van der Waals surface area contributed by atoms with E-state index >= 15 is 0 Å². The summed E-state index contributed by atoms with van der Waals surface area (Å²) in [5.41, 5.74) is 2.52. The second-order valence-electron chi connectivity index (χ2n) is 12.3. The molecule has 1 aromatic carbocycles. The summed E-state index contributed by atoms with van der Waals surface area (Å²) in [6.07, 6.45) is 4.91. The van der Waals surface area contributed by atoms with Gasteiger partial charge in [-0.2, -0.15) is 5.10 Å². The summed E-state index contributed by atoms with van der Waals surface area (Å²) in [5, 5.41) is 8.11. The van der Waals surface area contributed by atoms with Crippen molar-refractivity contribution >= 4 is 34.4 Å². The van der Waals surface area contributed by atoms with Gasteiger partial charge in [0.2, 0.25) is 11.8 Å². The average Bonchev–Trinajstić information content (AvgIpc) is 3.19. The highest BCUT2D eigenvalue weighted by molar-refractivity contribution is 6.02. The van der Waals surface area contributed by atoms with Crippen molar-refractivity contribution in [3.63, 3.8) is 0 Å². The maximum atomic E-state index is 12.4. The molecule has 2 aliphatic heterocycles. The number of aryl methyl sites for hydroxylation is 1. The van der Waals surface area contributed by atoms with E-state index in [0.29, 0.717) is 18.8 Å². The number of piperidine rings is 1. The van der Waals surface area contributed by atoms with Gasteiger partial charge in [-0.25, -0.2) is 0 Å². The fourth-order valence-electron chi connectivity index (χ4n) is 6.20. The quantitative estimate of drug-likeness (QED) is 0.474. The van der Waals surface area contributed by atoms with Crippen LogP contribution >= 0.6 is 0 Å². The third-order valence-electron chi connectivity index (χ3n) is 8.27. The maximum Gasteiger partial charge on any atom is 0.309 e. The molecule has 0 radical (unpaired) electrons. The van der Waals surface area contributed by atoms with Crippen LogP contribution in [-0.4, -0.2) is 70.8 Å². The van der Waals surface area contributed by atoms with Crippen molar-refractivity contribution in [3.05, 3.63) is 23.9 Å². The van der Waals surface area contributed by atoms with Crippen molar-refractivity contribution in [3.8, 4) is 0 Å². The minimum Gasteiger partial charge on any atom is -0.460 e. The number of hydrogen-bond acceptors (Lipinski definition) is 7. The van der Waals surface area contributed by atoms with Crippen LogP contribution < -0.4 is 10.2 Å². The molecule has 2 aromatic rings. The number of rotatable bonds is 5. The number of ether oxygens (including phenoxy) is 1. The van der Waals surface area contributed by atoms with E-state index in [9.17, 15) is 14.4 Å². The van der Waals surface area contributed by atoms with Gasteiger partial charge in [0.15, 0.2) is 0 Å². The standard InChI is InChI=1S/C29H41N5O4/c1-29(2,3)38-28(37)20-7-5-19(6-8-20)18-33-13-15-34(16-14-33)21-9-10-22-24(17-21)32(4)31-26(22)23-11-12-25(35)30-27(23)36/h9-10,17,19-20,23H,5-8,11-16,18H2,1-4H3,(H,30,35,36)/t19-,20-,23?. The van der Waals surface area contributed by atoms with Gasteiger partial charge in [-0.05, 0) is 77.0 Å². The van der Waals surface area contributed by atoms with Gasteiger partial charge < -0.3 is 9.64 Å². The molecule has 2 saturated heterocycles. The van der Waals surface area contributed by atoms with Gasteiger partial charge in [-0.1, -0.05) is 0 Å². The smallest absolute Gasteiger partial charge is 0.309 e. The van der Waals surface area contributed by atoms with Crippen LogP contribution in [0.25, 0.3) is 10.9 Å². The van der Waals surface area contributed by atoms with Crippen molar-refractivity contribution in [2.24, 2.45) is 18.9 Å². The van der Waals surface area contributed by atoms with Crippen LogP contribution in [-0.2, 0) is 26.2 Å². The number of esters is 1. The third-order valence-corrected chi connectivity index (χ3v) is 8.27. The molecule has 5 rings (SSSR count). The number of nitrogens with one attached hydrogen (secondary N) is 1. The molecular weight excluding hydrogens is 482 g/mol. The summed E-state index contributed by atoms with van der Waals surface area (Å²) in [4.78, 5) is 41.4. The number of fused-ring (bicyclic) bond motifs is 1. The molecule has 9 heteroatoms. The summed E-state index contributed by atoms with van der Waals surface area (Å²) in [7, 11) is 1.91. The van der Waals surface area contributed by atoms with E-state index in [0.717, 1.165) is 75.0 Å². The van der Waals surface area contributed by atoms with Crippen LogP contribution in [0, 0.1) is 11.8 Å². The van der Waals surface area contributed by atoms with Crippen LogP contribution in [0.5, 0.6) is 0 Å². The SMILES string of the molecule is Cn1nc(C2CCC(=O)NC2=O)c2ccc(N3CCN(C[C@H]4CC[C@H](C(=O)OC(C)(C)C)CC4)CC3)cc21. The number of carbonyl (C=O) groups is 3. The molecule has 1 unspecified atom stereocenters. The molecule has 1 saturated carbocycles. The van der Waals surface area contributed by atoms with E-state index in [1.165, 1.54) is 5.69 Å². The highest BCUT2D eigenvalue weighted by atomic mass is 16.6. The topological polar surface area (TPSA) is 96.8 Å². The normalized spacial score (nSPS) is 25.5. The molecule has 1 aliphatic carbocycles. The van der Waals surface area contributed by atoms with Crippen LogP contribution in [0.3, 0.4) is 0 Å². The Morgan fingerprint density at radius 1 is 1.05 bits per heavy atom. The van der Waals surface area contributed by atoms with Crippen molar-refractivity contribution in [1.82, 2.24) is 20.0 Å². The number of hydrogen-bond donors (Lipinski definition) is 1. The lowest BCUT2D eigenvalue weighted by atomic mass is 9.81. The molecule has 0 spiro atoms. The lowest BCUT2D eigenvalue weighted by Gasteiger charge is -2.39. The Morgan fingerprint density at radius 2 is 1.76 bits per heavy atom. The van der Waals surface area contributed by atoms with Gasteiger partial charge in [-0.15, -0.1) is 0 Å². The number of benzene rings is 1. The van der Waals surface area contributed by atoms with Crippen LogP contribution in [0.15, 0.2) is 18.2 Å². The van der Waals surface area contributed by atoms with Gasteiger partial charge >= 0.3 is 5.97 Å². The predicted molar refractivity (Wildman–Crippen MR) is 146 cm³/mol. The molecule has 1 N–H and O–H groups in total. The highest BCUT2D eigenvalue weighted by Gasteiger charge is 2.33. The minimum absolute atomic E-state index is 0.0285. The zero-order chi connectivity index (χ0) is 27.0. The monoisotopic (exact) mass is 523 g/mol. The molecule has 3 aliphatic rings. The maximum absolute atomic E-state index is 12.4. The summed E-state index contributed by atoms with van der Waals surface area (Å²) in [6.45, 7) is 10.9. The summed E-state index contributed by atoms with van der Waals surface area (Å²) in [5.74, 6) is -0.165. The average molecular weight is 524 g/mol. The Labute approximate surface area is 224 Å². The summed E-state index contributed by atoms with van der Waals surface area (Å²) in [6, 6.07) is 6.38. The van der Waals surface area contributed by atoms with E-state index in [2.05, 4.69) is 38.4 Å². The number of nitrogens with zero attached hydrogens (tertiary/aromatic N) is 4. The fraction of sp³-hybridized carbons (Fsp3) is 0.655. The molecule has 1 aromatic heterocycles. The van der Waals surface area contributed by atoms with Gasteiger partial charge in [0.1, 0.15) is 5.60 Å². The second kappa shape index (κ2) is 10.7. The predicted octanol–water partition coefficient (Wildman–Crippen LogP) is 3.36. The molecule has 38 heavy (non-hydrogen) atoms. The van der Waals surface area contributed by atoms with E-state index in [1.807, 2.05) is 32.5 Å². The molecule has 3 heterocycles. The van der Waals surface area contributed by atoms with E-state index in [4.69, 9.17) is 4.74 Å². The van der Waals surface area contributed by atoms with Crippen LogP contribution in [0.1, 0.15) is 70.9 Å². The Kier molecular flexibility index (Phi) is 7.49. The summed E-state index contributed by atoms with van der Waals surface area (Å²) < 4.78 is 7.45. The molecule has 3 fully saturated rings. The molecule has 9 nitrogen and oxygen atoms in total. The van der Waals surface area contributed by atoms with Gasteiger partial charge in [-0.3, -0.25) is 29.3 Å². The van der Waals surface area contributed by atoms with Crippen molar-refractivity contribution in [2.75, 3.05) is 37.6 Å². The van der Waals surface area contributed by atoms with Gasteiger partial charge in [0.25, 0.3) is 0 Å². The van der Waals surface area contributed by atoms with E-state index in [1.54, 1.807) is 0 Å². The lowest BCUT2D eigenvalue weighted by molar-refractivity contribution is -0.161. The third kappa shape index (κ3) is 5.87. The second-order valence-corrected chi connectivity index (χ2v) is 12.3. The first kappa shape index (κ1) is 26.7. The Hall–Kier alpha value is -2.94. The van der Waals surface area contributed by atoms with Crippen LogP contribution in [0.2, 0.25) is 0 Å². The zero-order valence-electron chi connectivity index (χ0n) is 23.2. The largest absolute Gasteiger partial charge is 0.460 e. The number of carbonyl (C=O) groups excluding carboxylic acids is 3. The molecule has 2 amide bonds. The minimum atomic E-state index is -0.412. The highest BCUT2D eigenvalue weighted by Crippen LogP contribution is 2.34. The first-order valence-corrected chi connectivity index (χ1v) is 14.1. The van der Waals surface area contributed by atoms with Crippen molar-refractivity contribution in [1.29, 1.82) is 0 Å². The summed E-state index contributed by atoms with van der Waals surface area (Å²) >= 11 is 0. The van der Waals surface area contributed by atoms with Crippen LogP contribution in [0.4, 0.5) is 5.69 Å². The number of piperazine rings is 1. The van der Waals surface area contributed by atoms with E-state index < -0.39 is 5.60 Å². The fourth-order valence-corrected chi connectivity index (χ4v) is 6.20. The number of anilines is 1. The number of amides is 2. The number of aromatic nitrogens is 2. The zero-order valence-corrected chi connectivity index (χ0v) is 23.2. The molecule has 0 bridgehead atoms. The van der Waals surface area contributed by atoms with Gasteiger partial charge in [0, 0.05) is 57.3 Å². The molecule has 206 valence electrons. The molecular formula is C29H41N5O4. The molecule has 1 atom stereocenters. The number of imide groups is 1. The van der Waals surface area contributed by atoms with Crippen molar-refractivity contribution in [2.45, 2.75) is 70.8 Å². The Bertz CT molecular complexity index is 1200. The first-order chi connectivity index (χ1) is 18.1. The Balaban J connectivity index is 1.14. The van der Waals surface area contributed by atoms with Gasteiger partial charge in [0.05, 0.1) is 23.0 Å². The lowest BCUT2D eigenvalue weighted by Crippen LogP contribution is -2.48. The Morgan fingerprint density at radius 3 is 2.42 bits per heavy atom. The van der Waals surface area contributed by atoms with E-state index in [-0.39, 0.29) is 29.6 Å². The first-order valence-electron chi connectivity index (χ1n) is 14.1. The van der Waals surface area contributed by atoms with Crippen molar-refractivity contribution < 1.29 is 19.1 Å².